The number of rotatable bonds is 4. The number of amides is 1. The normalized spacial score (nSPS) is 11.7. The smallest absolute Gasteiger partial charge is 0.406 e. The predicted octanol–water partition coefficient (Wildman–Crippen LogP) is 3.03. The highest BCUT2D eigenvalue weighted by Gasteiger charge is 2.33. The molecule has 132 valence electrons. The quantitative estimate of drug-likeness (QED) is 0.628. The second kappa shape index (κ2) is 7.91. The van der Waals surface area contributed by atoms with E-state index in [2.05, 4.69) is 4.98 Å². The number of nitrogens with two attached hydrogens (primary N) is 1. The van der Waals surface area contributed by atoms with Crippen LogP contribution in [0.15, 0.2) is 30.3 Å². The average molecular weight is 404 g/mol. The maximum atomic E-state index is 12.5. The van der Waals surface area contributed by atoms with E-state index in [0.717, 1.165) is 0 Å². The zero-order valence-corrected chi connectivity index (χ0v) is 15.6. The van der Waals surface area contributed by atoms with Gasteiger partial charge in [-0.05, 0) is 11.6 Å². The van der Waals surface area contributed by atoms with Crippen molar-refractivity contribution >= 4 is 52.4 Å². The minimum Gasteiger partial charge on any atom is -0.439 e. The van der Waals surface area contributed by atoms with Crippen molar-refractivity contribution in [3.05, 3.63) is 56.8 Å². The summed E-state index contributed by atoms with van der Waals surface area (Å²) < 4.78 is 5.37. The lowest BCUT2D eigenvalue weighted by molar-refractivity contribution is -0.380. The number of aromatic amines is 1. The topological polar surface area (TPSA) is 86.8 Å². The van der Waals surface area contributed by atoms with Crippen LogP contribution in [0.1, 0.15) is 22.2 Å². The Bertz CT molecular complexity index is 813. The molecule has 0 aliphatic heterocycles. The first-order chi connectivity index (χ1) is 11.7. The van der Waals surface area contributed by atoms with Crippen molar-refractivity contribution in [3.8, 4) is 0 Å². The standard InChI is InChI=1S/C16H14Cl3N3O3/c1-22(2)15(23)13(8-6-4-3-5-7-8)25-16(24)12-9(17)11(20)10(18)14(19)21-12/h3-7,13H,1-2H3,(H2,20,21)/p+1/t13-/m0/s1. The Labute approximate surface area is 159 Å². The number of hydrogen-bond acceptors (Lipinski definition) is 4. The zero-order valence-electron chi connectivity index (χ0n) is 13.3. The van der Waals surface area contributed by atoms with Crippen molar-refractivity contribution < 1.29 is 19.3 Å². The number of halogens is 3. The Kier molecular flexibility index (Phi) is 6.11. The van der Waals surface area contributed by atoms with E-state index >= 15 is 0 Å². The van der Waals surface area contributed by atoms with Crippen LogP contribution < -0.4 is 10.7 Å². The highest BCUT2D eigenvalue weighted by atomic mass is 35.5. The molecule has 2 rings (SSSR count). The van der Waals surface area contributed by atoms with Gasteiger partial charge < -0.3 is 15.4 Å². The van der Waals surface area contributed by atoms with E-state index in [0.29, 0.717) is 5.56 Å². The maximum absolute atomic E-state index is 12.5. The molecule has 3 N–H and O–H groups in total. The summed E-state index contributed by atoms with van der Waals surface area (Å²) >= 11 is 17.8. The molecule has 0 bridgehead atoms. The number of hydrogen-bond donors (Lipinski definition) is 1. The van der Waals surface area contributed by atoms with Gasteiger partial charge in [-0.25, -0.2) is 4.79 Å². The van der Waals surface area contributed by atoms with Crippen molar-refractivity contribution in [2.75, 3.05) is 19.8 Å². The molecule has 2 aromatic rings. The Morgan fingerprint density at radius 1 is 1.12 bits per heavy atom. The van der Waals surface area contributed by atoms with Crippen LogP contribution in [-0.4, -0.2) is 30.9 Å². The molecule has 1 amide bonds. The number of esters is 1. The van der Waals surface area contributed by atoms with Gasteiger partial charge in [0.2, 0.25) is 6.10 Å². The molecule has 1 aromatic heterocycles. The number of H-pyrrole nitrogens is 1. The molecule has 0 aliphatic rings. The molecule has 25 heavy (non-hydrogen) atoms. The molecule has 0 saturated heterocycles. The maximum Gasteiger partial charge on any atom is 0.406 e. The summed E-state index contributed by atoms with van der Waals surface area (Å²) in [7, 11) is 3.12. The lowest BCUT2D eigenvalue weighted by Gasteiger charge is -2.20. The Balaban J connectivity index is 2.40. The zero-order chi connectivity index (χ0) is 18.7. The third-order valence-electron chi connectivity index (χ3n) is 3.32. The monoisotopic (exact) mass is 402 g/mol. The van der Waals surface area contributed by atoms with E-state index in [9.17, 15) is 9.59 Å². The fraction of sp³-hybridized carbons (Fsp3) is 0.188. The Morgan fingerprint density at radius 3 is 2.28 bits per heavy atom. The van der Waals surface area contributed by atoms with Crippen LogP contribution in [0.25, 0.3) is 0 Å². The second-order valence-electron chi connectivity index (χ2n) is 5.28. The first kappa shape index (κ1) is 19.3. The molecule has 0 aliphatic carbocycles. The fourth-order valence-electron chi connectivity index (χ4n) is 2.00. The lowest BCUT2D eigenvalue weighted by Crippen LogP contribution is -2.32. The molecule has 0 saturated carbocycles. The number of benzene rings is 1. The van der Waals surface area contributed by atoms with E-state index in [1.807, 2.05) is 0 Å². The largest absolute Gasteiger partial charge is 0.439 e. The molecule has 1 aromatic carbocycles. The third kappa shape index (κ3) is 4.15. The second-order valence-corrected chi connectivity index (χ2v) is 6.42. The van der Waals surface area contributed by atoms with Crippen molar-refractivity contribution in [2.45, 2.75) is 6.10 Å². The van der Waals surface area contributed by atoms with Crippen molar-refractivity contribution in [2.24, 2.45) is 0 Å². The number of nitrogen functional groups attached to an aromatic ring is 1. The fourth-order valence-corrected chi connectivity index (χ4v) is 2.60. The highest BCUT2D eigenvalue weighted by Crippen LogP contribution is 2.33. The first-order valence-electron chi connectivity index (χ1n) is 7.06. The number of aromatic nitrogens is 1. The summed E-state index contributed by atoms with van der Waals surface area (Å²) in [6, 6.07) is 8.60. The molecule has 1 heterocycles. The summed E-state index contributed by atoms with van der Waals surface area (Å²) in [6.07, 6.45) is -1.15. The number of likely N-dealkylation sites (N-methyl/N-ethyl adjacent to an activating group) is 1. The van der Waals surface area contributed by atoms with Crippen LogP contribution in [0.5, 0.6) is 0 Å². The Hall–Kier alpha value is -2.02. The third-order valence-corrected chi connectivity index (χ3v) is 4.48. The molecule has 0 fully saturated rings. The van der Waals surface area contributed by atoms with Crippen LogP contribution in [0.2, 0.25) is 15.2 Å². The summed E-state index contributed by atoms with van der Waals surface area (Å²) in [5.41, 5.74) is 5.98. The van der Waals surface area contributed by atoms with Gasteiger partial charge in [-0.1, -0.05) is 53.5 Å². The lowest BCUT2D eigenvalue weighted by atomic mass is 10.1. The van der Waals surface area contributed by atoms with Crippen LogP contribution in [0.4, 0.5) is 5.69 Å². The summed E-state index contributed by atoms with van der Waals surface area (Å²) in [5, 5.41) is -0.207. The summed E-state index contributed by atoms with van der Waals surface area (Å²) in [5.74, 6) is -1.30. The minimum atomic E-state index is -1.15. The van der Waals surface area contributed by atoms with Gasteiger partial charge in [0.25, 0.3) is 11.1 Å². The number of carbonyl (C=O) groups excluding carboxylic acids is 2. The first-order valence-corrected chi connectivity index (χ1v) is 8.19. The number of carbonyl (C=O) groups is 2. The molecule has 0 radical (unpaired) electrons. The van der Waals surface area contributed by atoms with E-state index in [-0.39, 0.29) is 26.6 Å². The van der Waals surface area contributed by atoms with Crippen LogP contribution >= 0.6 is 34.8 Å². The van der Waals surface area contributed by atoms with Gasteiger partial charge in [-0.2, -0.15) is 4.98 Å². The van der Waals surface area contributed by atoms with E-state index in [1.165, 1.54) is 4.90 Å². The summed E-state index contributed by atoms with van der Waals surface area (Å²) in [4.78, 5) is 28.8. The average Bonchev–Trinajstić information content (AvgIpc) is 2.60. The van der Waals surface area contributed by atoms with Crippen molar-refractivity contribution in [1.82, 2.24) is 4.90 Å². The van der Waals surface area contributed by atoms with E-state index in [4.69, 9.17) is 45.3 Å². The van der Waals surface area contributed by atoms with Gasteiger partial charge in [0.1, 0.15) is 10.0 Å². The van der Waals surface area contributed by atoms with Gasteiger partial charge in [-0.15, -0.1) is 0 Å². The molecule has 9 heteroatoms. The number of nitrogens with one attached hydrogen (secondary N) is 1. The summed E-state index contributed by atoms with van der Waals surface area (Å²) in [6.45, 7) is 0. The number of nitrogens with zero attached hydrogens (tertiary/aromatic N) is 1. The Morgan fingerprint density at radius 2 is 1.72 bits per heavy atom. The molecule has 0 spiro atoms. The molecular weight excluding hydrogens is 389 g/mol. The molecule has 1 atom stereocenters. The number of pyridine rings is 1. The van der Waals surface area contributed by atoms with Gasteiger partial charge in [-0.3, -0.25) is 4.79 Å². The molecular formula is C16H15Cl3N3O3+. The van der Waals surface area contributed by atoms with Crippen LogP contribution in [0, 0.1) is 0 Å². The number of ether oxygens (including phenoxy) is 1. The number of anilines is 1. The van der Waals surface area contributed by atoms with E-state index in [1.54, 1.807) is 44.4 Å². The van der Waals surface area contributed by atoms with Gasteiger partial charge in [0, 0.05) is 19.7 Å². The van der Waals surface area contributed by atoms with Gasteiger partial charge >= 0.3 is 11.7 Å². The van der Waals surface area contributed by atoms with Crippen molar-refractivity contribution in [3.63, 3.8) is 0 Å². The van der Waals surface area contributed by atoms with Crippen LogP contribution in [-0.2, 0) is 9.53 Å². The SMILES string of the molecule is CN(C)C(=O)[C@@H](OC(=O)c1[nH+]c(Cl)c(Cl)c(N)c1Cl)c1ccccc1. The van der Waals surface area contributed by atoms with E-state index < -0.39 is 18.0 Å². The molecule has 0 unspecified atom stereocenters. The predicted molar refractivity (Wildman–Crippen MR) is 95.7 cm³/mol. The minimum absolute atomic E-state index is 0.00723. The van der Waals surface area contributed by atoms with Gasteiger partial charge in [0.05, 0.1) is 5.69 Å². The molecule has 6 nitrogen and oxygen atoms in total. The van der Waals surface area contributed by atoms with Gasteiger partial charge in [0.15, 0.2) is 0 Å². The highest BCUT2D eigenvalue weighted by molar-refractivity contribution is 6.45. The van der Waals surface area contributed by atoms with Crippen molar-refractivity contribution in [1.29, 1.82) is 0 Å². The van der Waals surface area contributed by atoms with Crippen LogP contribution in [0.3, 0.4) is 0 Å².